The predicted octanol–water partition coefficient (Wildman–Crippen LogP) is 1.24. The summed E-state index contributed by atoms with van der Waals surface area (Å²) in [7, 11) is 0. The van der Waals surface area contributed by atoms with Gasteiger partial charge < -0.3 is 15.1 Å². The van der Waals surface area contributed by atoms with Crippen molar-refractivity contribution in [1.82, 2.24) is 19.5 Å². The van der Waals surface area contributed by atoms with Gasteiger partial charge in [-0.3, -0.25) is 14.4 Å². The van der Waals surface area contributed by atoms with Gasteiger partial charge in [0.25, 0.3) is 5.91 Å². The third-order valence-electron chi connectivity index (χ3n) is 4.93. The second-order valence-electron chi connectivity index (χ2n) is 6.65. The SMILES string of the molecule is CCC(NC(C)=O)C(=O)N1CC(C2CN(C(=O)c3csnc3Cl)C2)C1. The quantitative estimate of drug-likeness (QED) is 0.828. The highest BCUT2D eigenvalue weighted by molar-refractivity contribution is 7.04. The molecule has 1 aromatic rings. The van der Waals surface area contributed by atoms with E-state index in [4.69, 9.17) is 11.6 Å². The molecule has 0 bridgehead atoms. The number of aromatic nitrogens is 1. The molecule has 0 spiro atoms. The molecule has 2 aliphatic heterocycles. The lowest BCUT2D eigenvalue weighted by Crippen LogP contribution is -2.63. The predicted molar refractivity (Wildman–Crippen MR) is 94.5 cm³/mol. The van der Waals surface area contributed by atoms with Crippen LogP contribution in [0.5, 0.6) is 0 Å². The number of carbonyl (C=O) groups excluding carboxylic acids is 3. The maximum atomic E-state index is 12.4. The Balaban J connectivity index is 1.44. The summed E-state index contributed by atoms with van der Waals surface area (Å²) in [5, 5.41) is 4.63. The highest BCUT2D eigenvalue weighted by Crippen LogP contribution is 2.33. The Morgan fingerprint density at radius 3 is 2.36 bits per heavy atom. The summed E-state index contributed by atoms with van der Waals surface area (Å²) in [5.74, 6) is 0.557. The number of hydrogen-bond acceptors (Lipinski definition) is 5. The maximum absolute atomic E-state index is 12.4. The molecule has 0 radical (unpaired) electrons. The van der Waals surface area contributed by atoms with Crippen LogP contribution in [-0.2, 0) is 9.59 Å². The van der Waals surface area contributed by atoms with Crippen LogP contribution in [0, 0.1) is 11.8 Å². The molecular weight excluding hydrogens is 364 g/mol. The Bertz CT molecular complexity index is 683. The van der Waals surface area contributed by atoms with Crippen LogP contribution in [0.1, 0.15) is 30.6 Å². The Kier molecular flexibility index (Phi) is 5.29. The molecule has 25 heavy (non-hydrogen) atoms. The average Bonchev–Trinajstić information content (AvgIpc) is 2.90. The van der Waals surface area contributed by atoms with Gasteiger partial charge in [-0.25, -0.2) is 0 Å². The van der Waals surface area contributed by atoms with Gasteiger partial charge in [0.05, 0.1) is 5.56 Å². The third-order valence-corrected chi connectivity index (χ3v) is 5.94. The molecule has 1 aromatic heterocycles. The molecule has 0 saturated carbocycles. The molecule has 7 nitrogen and oxygen atoms in total. The van der Waals surface area contributed by atoms with Crippen LogP contribution in [0.15, 0.2) is 5.38 Å². The van der Waals surface area contributed by atoms with E-state index in [0.717, 1.165) is 0 Å². The number of nitrogens with zero attached hydrogens (tertiary/aromatic N) is 3. The van der Waals surface area contributed by atoms with Crippen molar-refractivity contribution in [3.8, 4) is 0 Å². The van der Waals surface area contributed by atoms with E-state index in [9.17, 15) is 14.4 Å². The summed E-state index contributed by atoms with van der Waals surface area (Å²) < 4.78 is 3.92. The number of carbonyl (C=O) groups is 3. The van der Waals surface area contributed by atoms with Gasteiger partial charge in [-0.05, 0) is 18.0 Å². The monoisotopic (exact) mass is 384 g/mol. The Labute approximate surface area is 155 Å². The first-order valence-corrected chi connectivity index (χ1v) is 9.57. The number of halogens is 1. The van der Waals surface area contributed by atoms with E-state index in [1.54, 1.807) is 15.2 Å². The minimum absolute atomic E-state index is 0.0164. The van der Waals surface area contributed by atoms with Crippen LogP contribution in [0.4, 0.5) is 0 Å². The van der Waals surface area contributed by atoms with Crippen LogP contribution in [0.25, 0.3) is 0 Å². The van der Waals surface area contributed by atoms with Gasteiger partial charge in [-0.15, -0.1) is 0 Å². The second-order valence-corrected chi connectivity index (χ2v) is 7.64. The molecule has 1 atom stereocenters. The van der Waals surface area contributed by atoms with E-state index in [-0.39, 0.29) is 22.9 Å². The van der Waals surface area contributed by atoms with E-state index in [1.165, 1.54) is 18.5 Å². The van der Waals surface area contributed by atoms with Gasteiger partial charge in [0.1, 0.15) is 6.04 Å². The van der Waals surface area contributed by atoms with Crippen molar-refractivity contribution >= 4 is 40.9 Å². The lowest BCUT2D eigenvalue weighted by Gasteiger charge is -2.51. The number of amides is 3. The number of nitrogens with one attached hydrogen (secondary N) is 1. The van der Waals surface area contributed by atoms with Crippen LogP contribution >= 0.6 is 23.1 Å². The zero-order valence-corrected chi connectivity index (χ0v) is 15.8. The highest BCUT2D eigenvalue weighted by atomic mass is 35.5. The first-order valence-electron chi connectivity index (χ1n) is 8.35. The molecule has 2 fully saturated rings. The molecular formula is C16H21ClN4O3S. The van der Waals surface area contributed by atoms with Crippen LogP contribution < -0.4 is 5.32 Å². The van der Waals surface area contributed by atoms with Crippen molar-refractivity contribution in [1.29, 1.82) is 0 Å². The normalized spacial score (nSPS) is 19.2. The lowest BCUT2D eigenvalue weighted by molar-refractivity contribution is -0.144. The van der Waals surface area contributed by atoms with E-state index in [1.807, 2.05) is 6.92 Å². The molecule has 1 N–H and O–H groups in total. The fourth-order valence-corrected chi connectivity index (χ4v) is 4.18. The summed E-state index contributed by atoms with van der Waals surface area (Å²) in [5.41, 5.74) is 0.469. The minimum Gasteiger partial charge on any atom is -0.345 e. The standard InChI is InChI=1S/C16H21ClN4O3S/c1-3-13(18-9(2)22)16(24)21-6-11(7-21)10-4-20(5-10)15(23)12-8-25-19-14(12)17/h8,10-11,13H,3-7H2,1-2H3,(H,18,22). The molecule has 2 aliphatic rings. The minimum atomic E-state index is -0.439. The topological polar surface area (TPSA) is 82.6 Å². The van der Waals surface area contributed by atoms with Crippen LogP contribution in [0.3, 0.4) is 0 Å². The molecule has 0 aromatic carbocycles. The first kappa shape index (κ1) is 18.1. The van der Waals surface area contributed by atoms with E-state index in [2.05, 4.69) is 9.69 Å². The van der Waals surface area contributed by atoms with Crippen molar-refractivity contribution in [3.05, 3.63) is 16.1 Å². The Hall–Kier alpha value is -1.67. The Morgan fingerprint density at radius 2 is 1.88 bits per heavy atom. The van der Waals surface area contributed by atoms with Crippen molar-refractivity contribution in [2.24, 2.45) is 11.8 Å². The zero-order chi connectivity index (χ0) is 18.1. The zero-order valence-electron chi connectivity index (χ0n) is 14.2. The highest BCUT2D eigenvalue weighted by Gasteiger charge is 2.44. The van der Waals surface area contributed by atoms with Crippen molar-refractivity contribution in [2.75, 3.05) is 26.2 Å². The van der Waals surface area contributed by atoms with Crippen molar-refractivity contribution < 1.29 is 14.4 Å². The summed E-state index contributed by atoms with van der Waals surface area (Å²) in [6.45, 7) is 6.09. The summed E-state index contributed by atoms with van der Waals surface area (Å²) >= 11 is 7.09. The first-order chi connectivity index (χ1) is 11.9. The summed E-state index contributed by atoms with van der Waals surface area (Å²) in [4.78, 5) is 39.4. The molecule has 3 heterocycles. The lowest BCUT2D eigenvalue weighted by atomic mass is 9.80. The largest absolute Gasteiger partial charge is 0.345 e. The van der Waals surface area contributed by atoms with Crippen molar-refractivity contribution in [2.45, 2.75) is 26.3 Å². The molecule has 3 rings (SSSR count). The fraction of sp³-hybridized carbons (Fsp3) is 0.625. The number of hydrogen-bond donors (Lipinski definition) is 1. The fourth-order valence-electron chi connectivity index (χ4n) is 3.30. The van der Waals surface area contributed by atoms with Gasteiger partial charge in [0.15, 0.2) is 5.15 Å². The Morgan fingerprint density at radius 1 is 1.28 bits per heavy atom. The number of rotatable bonds is 5. The second kappa shape index (κ2) is 7.29. The summed E-state index contributed by atoms with van der Waals surface area (Å²) in [6.07, 6.45) is 0.584. The molecule has 2 saturated heterocycles. The van der Waals surface area contributed by atoms with E-state index in [0.29, 0.717) is 50.0 Å². The van der Waals surface area contributed by atoms with Gasteiger partial charge >= 0.3 is 0 Å². The van der Waals surface area contributed by atoms with E-state index < -0.39 is 6.04 Å². The molecule has 9 heteroatoms. The van der Waals surface area contributed by atoms with Crippen molar-refractivity contribution in [3.63, 3.8) is 0 Å². The number of likely N-dealkylation sites (tertiary alicyclic amines) is 2. The third kappa shape index (κ3) is 3.64. The van der Waals surface area contributed by atoms with Gasteiger partial charge in [-0.2, -0.15) is 4.37 Å². The molecule has 0 aliphatic carbocycles. The van der Waals surface area contributed by atoms with E-state index >= 15 is 0 Å². The smallest absolute Gasteiger partial charge is 0.257 e. The van der Waals surface area contributed by atoms with Crippen LogP contribution in [0.2, 0.25) is 5.15 Å². The summed E-state index contributed by atoms with van der Waals surface area (Å²) in [6, 6.07) is -0.439. The molecule has 3 amide bonds. The van der Waals surface area contributed by atoms with Gasteiger partial charge in [-0.1, -0.05) is 18.5 Å². The molecule has 136 valence electrons. The maximum Gasteiger partial charge on any atom is 0.257 e. The molecule has 1 unspecified atom stereocenters. The van der Waals surface area contributed by atoms with Crippen LogP contribution in [-0.4, -0.2) is 64.1 Å². The average molecular weight is 385 g/mol. The van der Waals surface area contributed by atoms with Gasteiger partial charge in [0, 0.05) is 50.3 Å². The van der Waals surface area contributed by atoms with Gasteiger partial charge in [0.2, 0.25) is 11.8 Å².